The standard InChI is InChI=1S/C32H35N7O5/c1-5-44-30-22(12-13-26(40)41)35-18-25(36-30)37-31(43)32(2,3)38-29(42)20-10-11-21-24(16-20)39(4)28(23-17-33-14-15-34-23)27(21)19-8-6-7-9-19/h10-19H,5-9H2,1-4H3,(H,38,42)(H,40,41)(H,36,37,43)/b13-12+. The number of benzene rings is 1. The molecule has 12 heteroatoms. The number of aryl methyl sites for hydroxylation is 1. The topological polar surface area (TPSA) is 161 Å². The summed E-state index contributed by atoms with van der Waals surface area (Å²) >= 11 is 0. The van der Waals surface area contributed by atoms with E-state index in [0.29, 0.717) is 11.5 Å². The van der Waals surface area contributed by atoms with Gasteiger partial charge < -0.3 is 25.0 Å². The summed E-state index contributed by atoms with van der Waals surface area (Å²) in [5.41, 5.74) is 3.23. The molecule has 0 atom stereocenters. The molecule has 0 bridgehead atoms. The normalized spacial score (nSPS) is 13.8. The van der Waals surface area contributed by atoms with Crippen LogP contribution in [0.25, 0.3) is 28.4 Å². The van der Waals surface area contributed by atoms with E-state index in [1.807, 2.05) is 19.2 Å². The number of aliphatic carboxylic acids is 1. The van der Waals surface area contributed by atoms with Gasteiger partial charge in [0.15, 0.2) is 5.82 Å². The van der Waals surface area contributed by atoms with E-state index in [0.717, 1.165) is 41.2 Å². The number of carbonyl (C=O) groups excluding carboxylic acids is 2. The van der Waals surface area contributed by atoms with Crippen molar-refractivity contribution >= 4 is 40.6 Å². The molecule has 1 saturated carbocycles. The van der Waals surface area contributed by atoms with Gasteiger partial charge in [-0.2, -0.15) is 4.98 Å². The Morgan fingerprint density at radius 3 is 2.59 bits per heavy atom. The van der Waals surface area contributed by atoms with Crippen LogP contribution in [-0.2, 0) is 16.6 Å². The first-order valence-electron chi connectivity index (χ1n) is 14.5. The highest BCUT2D eigenvalue weighted by molar-refractivity contribution is 6.05. The van der Waals surface area contributed by atoms with E-state index in [-0.39, 0.29) is 24.0 Å². The van der Waals surface area contributed by atoms with Crippen molar-refractivity contribution in [2.45, 2.75) is 57.9 Å². The fourth-order valence-electron chi connectivity index (χ4n) is 5.60. The Labute approximate surface area is 254 Å². The van der Waals surface area contributed by atoms with Crippen LogP contribution in [-0.4, -0.2) is 59.5 Å². The SMILES string of the molecule is CCOc1nc(NC(=O)C(C)(C)NC(=O)c2ccc3c(C4CCCC4)c(-c4cnccn4)n(C)c3c2)cnc1/C=C/C(=O)O. The molecule has 228 valence electrons. The molecular weight excluding hydrogens is 562 g/mol. The number of nitrogens with one attached hydrogen (secondary N) is 2. The molecule has 44 heavy (non-hydrogen) atoms. The summed E-state index contributed by atoms with van der Waals surface area (Å²) in [7, 11) is 1.98. The van der Waals surface area contributed by atoms with Gasteiger partial charge in [0.1, 0.15) is 16.9 Å². The van der Waals surface area contributed by atoms with Gasteiger partial charge in [0.05, 0.1) is 24.7 Å². The second kappa shape index (κ2) is 12.6. The Hall–Kier alpha value is -5.13. The van der Waals surface area contributed by atoms with Crippen LogP contribution in [0.3, 0.4) is 0 Å². The van der Waals surface area contributed by atoms with Crippen LogP contribution in [0.5, 0.6) is 5.88 Å². The average molecular weight is 598 g/mol. The van der Waals surface area contributed by atoms with Gasteiger partial charge in [-0.3, -0.25) is 19.6 Å². The number of fused-ring (bicyclic) bond motifs is 1. The van der Waals surface area contributed by atoms with E-state index in [1.165, 1.54) is 30.7 Å². The molecule has 1 aliphatic rings. The van der Waals surface area contributed by atoms with Gasteiger partial charge in [0, 0.05) is 42.0 Å². The lowest BCUT2D eigenvalue weighted by atomic mass is 9.93. The van der Waals surface area contributed by atoms with Crippen LogP contribution in [0.15, 0.2) is 49.1 Å². The highest BCUT2D eigenvalue weighted by atomic mass is 16.5. The van der Waals surface area contributed by atoms with Gasteiger partial charge in [-0.1, -0.05) is 18.9 Å². The zero-order valence-corrected chi connectivity index (χ0v) is 25.1. The third-order valence-corrected chi connectivity index (χ3v) is 7.74. The van der Waals surface area contributed by atoms with Crippen LogP contribution in [0.4, 0.5) is 5.82 Å². The van der Waals surface area contributed by atoms with Crippen LogP contribution in [0.1, 0.15) is 74.0 Å². The molecule has 3 aromatic heterocycles. The number of hydrogen-bond acceptors (Lipinski definition) is 8. The van der Waals surface area contributed by atoms with Gasteiger partial charge in [0.2, 0.25) is 5.88 Å². The third kappa shape index (κ3) is 6.29. The maximum Gasteiger partial charge on any atom is 0.328 e. The number of carboxylic acids is 1. The maximum atomic E-state index is 13.5. The van der Waals surface area contributed by atoms with Gasteiger partial charge >= 0.3 is 5.97 Å². The predicted octanol–water partition coefficient (Wildman–Crippen LogP) is 4.73. The second-order valence-corrected chi connectivity index (χ2v) is 11.2. The van der Waals surface area contributed by atoms with Crippen LogP contribution in [0.2, 0.25) is 0 Å². The number of amides is 2. The number of hydrogen-bond donors (Lipinski definition) is 3. The molecule has 3 heterocycles. The first-order chi connectivity index (χ1) is 21.1. The van der Waals surface area contributed by atoms with E-state index in [2.05, 4.69) is 35.1 Å². The number of ether oxygens (including phenoxy) is 1. The molecule has 1 aromatic carbocycles. The van der Waals surface area contributed by atoms with Crippen molar-refractivity contribution in [3.05, 3.63) is 65.9 Å². The minimum absolute atomic E-state index is 0.0679. The van der Waals surface area contributed by atoms with E-state index >= 15 is 0 Å². The molecule has 0 aliphatic heterocycles. The van der Waals surface area contributed by atoms with Crippen molar-refractivity contribution in [1.29, 1.82) is 0 Å². The van der Waals surface area contributed by atoms with Crippen molar-refractivity contribution in [3.8, 4) is 17.3 Å². The largest absolute Gasteiger partial charge is 0.478 e. The summed E-state index contributed by atoms with van der Waals surface area (Å²) in [6, 6.07) is 5.62. The van der Waals surface area contributed by atoms with E-state index in [1.54, 1.807) is 45.4 Å². The summed E-state index contributed by atoms with van der Waals surface area (Å²) in [5, 5.41) is 15.5. The number of anilines is 1. The Morgan fingerprint density at radius 1 is 1.14 bits per heavy atom. The third-order valence-electron chi connectivity index (χ3n) is 7.74. The second-order valence-electron chi connectivity index (χ2n) is 11.2. The number of aromatic nitrogens is 5. The Balaban J connectivity index is 1.38. The lowest BCUT2D eigenvalue weighted by Gasteiger charge is -2.25. The first-order valence-corrected chi connectivity index (χ1v) is 14.5. The van der Waals surface area contributed by atoms with E-state index in [9.17, 15) is 14.4 Å². The molecule has 1 aliphatic carbocycles. The number of carboxylic acid groups (broad SMARTS) is 1. The molecule has 4 aromatic rings. The highest BCUT2D eigenvalue weighted by Gasteiger charge is 2.32. The first kappa shape index (κ1) is 30.3. The van der Waals surface area contributed by atoms with Crippen molar-refractivity contribution in [3.63, 3.8) is 0 Å². The van der Waals surface area contributed by atoms with E-state index in [4.69, 9.17) is 9.84 Å². The quantitative estimate of drug-likeness (QED) is 0.220. The summed E-state index contributed by atoms with van der Waals surface area (Å²) < 4.78 is 7.54. The summed E-state index contributed by atoms with van der Waals surface area (Å²) in [5.74, 6) is -1.51. The van der Waals surface area contributed by atoms with Gasteiger partial charge in [-0.25, -0.2) is 9.78 Å². The summed E-state index contributed by atoms with van der Waals surface area (Å²) in [6.07, 6.45) is 13.2. The lowest BCUT2D eigenvalue weighted by molar-refractivity contribution is -0.131. The zero-order valence-electron chi connectivity index (χ0n) is 25.1. The monoisotopic (exact) mass is 597 g/mol. The van der Waals surface area contributed by atoms with Gasteiger partial charge in [0.25, 0.3) is 11.8 Å². The van der Waals surface area contributed by atoms with Crippen molar-refractivity contribution < 1.29 is 24.2 Å². The van der Waals surface area contributed by atoms with Gasteiger partial charge in [-0.05, 0) is 63.3 Å². The van der Waals surface area contributed by atoms with Crippen molar-refractivity contribution in [2.75, 3.05) is 11.9 Å². The zero-order chi connectivity index (χ0) is 31.4. The summed E-state index contributed by atoms with van der Waals surface area (Å²) in [4.78, 5) is 54.9. The Morgan fingerprint density at radius 2 is 1.91 bits per heavy atom. The van der Waals surface area contributed by atoms with E-state index < -0.39 is 23.3 Å². The molecule has 0 saturated heterocycles. The highest BCUT2D eigenvalue weighted by Crippen LogP contribution is 2.44. The Bertz CT molecular complexity index is 1740. The molecular formula is C32H35N7O5. The number of nitrogens with zero attached hydrogens (tertiary/aromatic N) is 5. The summed E-state index contributed by atoms with van der Waals surface area (Å²) in [6.45, 7) is 5.18. The minimum atomic E-state index is -1.32. The molecule has 12 nitrogen and oxygen atoms in total. The molecule has 5 rings (SSSR count). The lowest BCUT2D eigenvalue weighted by Crippen LogP contribution is -2.52. The van der Waals surface area contributed by atoms with Crippen LogP contribution in [0, 0.1) is 0 Å². The predicted molar refractivity (Wildman–Crippen MR) is 165 cm³/mol. The molecule has 0 unspecified atom stereocenters. The number of carbonyl (C=O) groups is 3. The minimum Gasteiger partial charge on any atom is -0.478 e. The smallest absolute Gasteiger partial charge is 0.328 e. The Kier molecular flexibility index (Phi) is 8.70. The van der Waals surface area contributed by atoms with Crippen molar-refractivity contribution in [1.82, 2.24) is 29.8 Å². The van der Waals surface area contributed by atoms with Gasteiger partial charge in [-0.15, -0.1) is 0 Å². The molecule has 0 radical (unpaired) electrons. The number of rotatable bonds is 10. The van der Waals surface area contributed by atoms with Crippen LogP contribution < -0.4 is 15.4 Å². The fraction of sp³-hybridized carbons (Fsp3) is 0.344. The van der Waals surface area contributed by atoms with Crippen molar-refractivity contribution in [2.24, 2.45) is 7.05 Å². The maximum absolute atomic E-state index is 13.5. The van der Waals surface area contributed by atoms with Crippen LogP contribution >= 0.6 is 0 Å². The molecule has 3 N–H and O–H groups in total. The fourth-order valence-corrected chi connectivity index (χ4v) is 5.60. The molecule has 0 spiro atoms. The average Bonchev–Trinajstić information content (AvgIpc) is 3.63. The molecule has 1 fully saturated rings. The molecule has 2 amide bonds.